The van der Waals surface area contributed by atoms with Crippen molar-refractivity contribution in [3.63, 3.8) is 0 Å². The smallest absolute Gasteiger partial charge is 0.258 e. The summed E-state index contributed by atoms with van der Waals surface area (Å²) in [5.41, 5.74) is 1.87. The Bertz CT molecular complexity index is 1010. The molecular weight excluding hydrogens is 421 g/mol. The van der Waals surface area contributed by atoms with Crippen molar-refractivity contribution >= 4 is 58.1 Å². The first-order valence-corrected chi connectivity index (χ1v) is 9.44. The van der Waals surface area contributed by atoms with Crippen LogP contribution in [0.4, 0.5) is 11.5 Å². The van der Waals surface area contributed by atoms with Crippen molar-refractivity contribution in [3.8, 4) is 0 Å². The zero-order valence-corrected chi connectivity index (χ0v) is 16.6. The van der Waals surface area contributed by atoms with Gasteiger partial charge in [0.1, 0.15) is 5.82 Å². The monoisotopic (exact) mass is 433 g/mol. The number of halogens is 3. The summed E-state index contributed by atoms with van der Waals surface area (Å²) in [5, 5.41) is 6.19. The topological polar surface area (TPSA) is 71.1 Å². The second kappa shape index (κ2) is 9.06. The third-order valence-electron chi connectivity index (χ3n) is 3.81. The molecular formula is C20H14Cl3N3O2. The van der Waals surface area contributed by atoms with Crippen molar-refractivity contribution in [2.45, 2.75) is 5.88 Å². The van der Waals surface area contributed by atoms with Gasteiger partial charge in [0.05, 0.1) is 16.3 Å². The lowest BCUT2D eigenvalue weighted by Gasteiger charge is -2.12. The number of amides is 2. The number of anilines is 2. The van der Waals surface area contributed by atoms with Crippen LogP contribution in [0.15, 0.2) is 60.8 Å². The fraction of sp³-hybridized carbons (Fsp3) is 0.0500. The number of alkyl halides is 1. The third-order valence-corrected chi connectivity index (χ3v) is 4.58. The van der Waals surface area contributed by atoms with Crippen LogP contribution < -0.4 is 10.6 Å². The molecule has 0 radical (unpaired) electrons. The van der Waals surface area contributed by atoms with Crippen molar-refractivity contribution < 1.29 is 9.59 Å². The van der Waals surface area contributed by atoms with E-state index in [0.717, 1.165) is 5.56 Å². The highest BCUT2D eigenvalue weighted by Crippen LogP contribution is 2.23. The van der Waals surface area contributed by atoms with Gasteiger partial charge in [-0.05, 0) is 48.0 Å². The van der Waals surface area contributed by atoms with E-state index >= 15 is 0 Å². The molecule has 3 aromatic rings. The first-order valence-electron chi connectivity index (χ1n) is 8.15. The molecule has 0 saturated carbocycles. The van der Waals surface area contributed by atoms with Crippen LogP contribution in [0.1, 0.15) is 26.3 Å². The number of hydrogen-bond donors (Lipinski definition) is 2. The van der Waals surface area contributed by atoms with Crippen molar-refractivity contribution in [2.24, 2.45) is 0 Å². The maximum absolute atomic E-state index is 12.7. The molecule has 142 valence electrons. The SMILES string of the molecule is O=C(Nc1ccc(Cl)cc1C(=O)Nc1ccc(Cl)cn1)c1ccc(CCl)cc1. The minimum atomic E-state index is -0.467. The Labute approximate surface area is 176 Å². The third kappa shape index (κ3) is 5.01. The summed E-state index contributed by atoms with van der Waals surface area (Å²) < 4.78 is 0. The molecule has 2 amide bonds. The van der Waals surface area contributed by atoms with Gasteiger partial charge < -0.3 is 10.6 Å². The second-order valence-electron chi connectivity index (χ2n) is 5.79. The molecule has 0 fully saturated rings. The fourth-order valence-electron chi connectivity index (χ4n) is 2.39. The van der Waals surface area contributed by atoms with Crippen molar-refractivity contribution in [2.75, 3.05) is 10.6 Å². The van der Waals surface area contributed by atoms with Gasteiger partial charge >= 0.3 is 0 Å². The number of carbonyl (C=O) groups is 2. The number of aromatic nitrogens is 1. The van der Waals surface area contributed by atoms with E-state index in [9.17, 15) is 9.59 Å². The first-order chi connectivity index (χ1) is 13.5. The molecule has 8 heteroatoms. The molecule has 0 bridgehead atoms. The van der Waals surface area contributed by atoms with Crippen LogP contribution in [0.25, 0.3) is 0 Å². The molecule has 2 aromatic carbocycles. The lowest BCUT2D eigenvalue weighted by Crippen LogP contribution is -2.18. The number of nitrogens with zero attached hydrogens (tertiary/aromatic N) is 1. The van der Waals surface area contributed by atoms with Gasteiger partial charge in [-0.25, -0.2) is 4.98 Å². The molecule has 0 aliphatic carbocycles. The van der Waals surface area contributed by atoms with Crippen LogP contribution in [-0.4, -0.2) is 16.8 Å². The Morgan fingerprint density at radius 3 is 2.21 bits per heavy atom. The van der Waals surface area contributed by atoms with E-state index in [1.807, 2.05) is 0 Å². The summed E-state index contributed by atoms with van der Waals surface area (Å²) in [7, 11) is 0. The summed E-state index contributed by atoms with van der Waals surface area (Å²) in [4.78, 5) is 29.2. The summed E-state index contributed by atoms with van der Waals surface area (Å²) in [6.45, 7) is 0. The Morgan fingerprint density at radius 1 is 0.857 bits per heavy atom. The molecule has 28 heavy (non-hydrogen) atoms. The van der Waals surface area contributed by atoms with Gasteiger partial charge in [0, 0.05) is 22.7 Å². The molecule has 0 spiro atoms. The average molecular weight is 435 g/mol. The largest absolute Gasteiger partial charge is 0.321 e. The average Bonchev–Trinajstić information content (AvgIpc) is 2.71. The van der Waals surface area contributed by atoms with Gasteiger partial charge in [-0.2, -0.15) is 0 Å². The molecule has 0 atom stereocenters. The number of hydrogen-bond acceptors (Lipinski definition) is 3. The minimum absolute atomic E-state index is 0.204. The number of pyridine rings is 1. The first kappa shape index (κ1) is 20.1. The fourth-order valence-corrected chi connectivity index (χ4v) is 2.85. The zero-order valence-electron chi connectivity index (χ0n) is 14.4. The predicted molar refractivity (Wildman–Crippen MR) is 113 cm³/mol. The molecule has 5 nitrogen and oxygen atoms in total. The van der Waals surface area contributed by atoms with Crippen LogP contribution >= 0.6 is 34.8 Å². The van der Waals surface area contributed by atoms with E-state index in [0.29, 0.717) is 33.0 Å². The molecule has 1 heterocycles. The Balaban J connectivity index is 1.82. The highest BCUT2D eigenvalue weighted by Gasteiger charge is 2.16. The van der Waals surface area contributed by atoms with E-state index < -0.39 is 5.91 Å². The minimum Gasteiger partial charge on any atom is -0.321 e. The van der Waals surface area contributed by atoms with Gasteiger partial charge in [0.15, 0.2) is 0 Å². The van der Waals surface area contributed by atoms with Crippen LogP contribution in [0.5, 0.6) is 0 Å². The molecule has 0 aliphatic rings. The van der Waals surface area contributed by atoms with E-state index in [1.165, 1.54) is 12.3 Å². The summed E-state index contributed by atoms with van der Waals surface area (Å²) in [5.74, 6) is -0.141. The summed E-state index contributed by atoms with van der Waals surface area (Å²) >= 11 is 17.6. The van der Waals surface area contributed by atoms with E-state index in [1.54, 1.807) is 48.5 Å². The van der Waals surface area contributed by atoms with Gasteiger partial charge in [-0.1, -0.05) is 35.3 Å². The Morgan fingerprint density at radius 2 is 1.57 bits per heavy atom. The van der Waals surface area contributed by atoms with Crippen molar-refractivity contribution in [3.05, 3.63) is 87.5 Å². The Kier molecular flexibility index (Phi) is 6.52. The zero-order chi connectivity index (χ0) is 20.1. The van der Waals surface area contributed by atoms with Crippen LogP contribution in [0, 0.1) is 0 Å². The normalized spacial score (nSPS) is 10.4. The van der Waals surface area contributed by atoms with Gasteiger partial charge in [-0.15, -0.1) is 11.6 Å². The van der Waals surface area contributed by atoms with Crippen LogP contribution in [-0.2, 0) is 5.88 Å². The number of benzene rings is 2. The number of carbonyl (C=O) groups excluding carboxylic acids is 2. The highest BCUT2D eigenvalue weighted by molar-refractivity contribution is 6.31. The van der Waals surface area contributed by atoms with Gasteiger partial charge in [0.2, 0.25) is 0 Å². The highest BCUT2D eigenvalue weighted by atomic mass is 35.5. The summed E-state index contributed by atoms with van der Waals surface area (Å²) in [6.07, 6.45) is 1.42. The predicted octanol–water partition coefficient (Wildman–Crippen LogP) is 5.63. The maximum Gasteiger partial charge on any atom is 0.258 e. The van der Waals surface area contributed by atoms with E-state index in [2.05, 4.69) is 15.6 Å². The molecule has 1 aromatic heterocycles. The lowest BCUT2D eigenvalue weighted by atomic mass is 10.1. The van der Waals surface area contributed by atoms with E-state index in [-0.39, 0.29) is 11.5 Å². The Hall–Kier alpha value is -2.60. The maximum atomic E-state index is 12.7. The molecule has 2 N–H and O–H groups in total. The van der Waals surface area contributed by atoms with Crippen LogP contribution in [0.3, 0.4) is 0 Å². The molecule has 3 rings (SSSR count). The number of nitrogens with one attached hydrogen (secondary N) is 2. The van der Waals surface area contributed by atoms with Crippen molar-refractivity contribution in [1.82, 2.24) is 4.98 Å². The standard InChI is InChI=1S/C20H14Cl3N3O2/c21-10-12-1-3-13(4-2-12)19(27)25-17-7-5-14(22)9-16(17)20(28)26-18-8-6-15(23)11-24-18/h1-9,11H,10H2,(H,25,27)(H,24,26,28). The lowest BCUT2D eigenvalue weighted by molar-refractivity contribution is 0.102. The van der Waals surface area contributed by atoms with Crippen molar-refractivity contribution in [1.29, 1.82) is 0 Å². The van der Waals surface area contributed by atoms with Gasteiger partial charge in [0.25, 0.3) is 11.8 Å². The quantitative estimate of drug-likeness (QED) is 0.511. The van der Waals surface area contributed by atoms with Gasteiger partial charge in [-0.3, -0.25) is 9.59 Å². The van der Waals surface area contributed by atoms with Crippen LogP contribution in [0.2, 0.25) is 10.0 Å². The number of rotatable bonds is 5. The second-order valence-corrected chi connectivity index (χ2v) is 6.93. The summed E-state index contributed by atoms with van der Waals surface area (Å²) in [6, 6.07) is 14.7. The molecule has 0 unspecified atom stereocenters. The van der Waals surface area contributed by atoms with E-state index in [4.69, 9.17) is 34.8 Å². The molecule has 0 saturated heterocycles. The molecule has 0 aliphatic heterocycles.